The number of likely N-dealkylation sites (tertiary alicyclic amines) is 2. The van der Waals surface area contributed by atoms with Crippen molar-refractivity contribution in [2.75, 3.05) is 38.6 Å². The Morgan fingerprint density at radius 1 is 1.05 bits per heavy atom. The summed E-state index contributed by atoms with van der Waals surface area (Å²) in [5, 5.41) is 7.19. The number of hydrogen-bond acceptors (Lipinski definition) is 6. The number of benzene rings is 1. The topological polar surface area (TPSA) is 116 Å². The van der Waals surface area contributed by atoms with Gasteiger partial charge in [0.1, 0.15) is 17.4 Å². The molecule has 3 heterocycles. The molecule has 3 amide bonds. The standard InChI is InChI=1S/C30H41N5O5/c1-20-16-22-17-23(11-12-26(22)40-20)31-30(33-28(37)21-8-7-9-24(18-21)39-2)32-25-10-3-4-15-35(29(25)38)19-27(36)34-13-5-6-14-34/h11-12,16-17,21,24-25H,3-10,13-15,18-19H2,1-2H3,(H2,31,32,33,37)/t21?,24?,25-/m0/s1. The van der Waals surface area contributed by atoms with Crippen LogP contribution < -0.4 is 10.6 Å². The first-order valence-electron chi connectivity index (χ1n) is 14.6. The molecule has 3 fully saturated rings. The first-order chi connectivity index (χ1) is 19.4. The van der Waals surface area contributed by atoms with Crippen molar-refractivity contribution in [2.24, 2.45) is 10.9 Å². The first kappa shape index (κ1) is 28.1. The molecule has 1 aliphatic carbocycles. The molecule has 3 aliphatic rings. The number of carbonyl (C=O) groups excluding carboxylic acids is 3. The lowest BCUT2D eigenvalue weighted by molar-refractivity contribution is -0.140. The molecule has 10 heteroatoms. The van der Waals surface area contributed by atoms with E-state index >= 15 is 0 Å². The van der Waals surface area contributed by atoms with Crippen LogP contribution in [-0.2, 0) is 19.1 Å². The highest BCUT2D eigenvalue weighted by Gasteiger charge is 2.32. The van der Waals surface area contributed by atoms with E-state index in [9.17, 15) is 14.4 Å². The Hall–Kier alpha value is -3.40. The lowest BCUT2D eigenvalue weighted by Gasteiger charge is -2.28. The van der Waals surface area contributed by atoms with Crippen molar-refractivity contribution in [1.29, 1.82) is 0 Å². The molecular weight excluding hydrogens is 510 g/mol. The molecule has 2 aromatic rings. The fourth-order valence-electron chi connectivity index (χ4n) is 6.05. The number of methoxy groups -OCH3 is 1. The van der Waals surface area contributed by atoms with E-state index in [1.54, 1.807) is 12.0 Å². The van der Waals surface area contributed by atoms with E-state index in [1.165, 1.54) is 0 Å². The summed E-state index contributed by atoms with van der Waals surface area (Å²) in [5.74, 6) is 0.564. The molecular formula is C30H41N5O5. The third-order valence-corrected chi connectivity index (χ3v) is 8.30. The minimum Gasteiger partial charge on any atom is -0.461 e. The molecule has 10 nitrogen and oxygen atoms in total. The maximum Gasteiger partial charge on any atom is 0.247 e. The highest BCUT2D eigenvalue weighted by atomic mass is 16.5. The number of guanidine groups is 1. The van der Waals surface area contributed by atoms with Crippen LogP contribution in [0.2, 0.25) is 0 Å². The van der Waals surface area contributed by atoms with Gasteiger partial charge in [-0.05, 0) is 82.6 Å². The van der Waals surface area contributed by atoms with Crippen LogP contribution in [0.4, 0.5) is 5.69 Å². The van der Waals surface area contributed by atoms with Gasteiger partial charge in [0.05, 0.1) is 12.6 Å². The van der Waals surface area contributed by atoms with Crippen LogP contribution >= 0.6 is 0 Å². The van der Waals surface area contributed by atoms with Crippen LogP contribution in [0.1, 0.15) is 63.5 Å². The predicted molar refractivity (Wildman–Crippen MR) is 153 cm³/mol. The van der Waals surface area contributed by atoms with Gasteiger partial charge < -0.3 is 24.3 Å². The second-order valence-corrected chi connectivity index (χ2v) is 11.3. The van der Waals surface area contributed by atoms with Gasteiger partial charge in [-0.3, -0.25) is 19.7 Å². The number of amides is 3. The number of anilines is 1. The summed E-state index contributed by atoms with van der Waals surface area (Å²) in [4.78, 5) is 48.1. The molecule has 216 valence electrons. The molecule has 40 heavy (non-hydrogen) atoms. The molecule has 1 saturated carbocycles. The summed E-state index contributed by atoms with van der Waals surface area (Å²) >= 11 is 0. The molecule has 0 spiro atoms. The number of aryl methyl sites for hydroxylation is 1. The Bertz CT molecular complexity index is 1250. The molecule has 2 saturated heterocycles. The van der Waals surface area contributed by atoms with Gasteiger partial charge in [-0.2, -0.15) is 0 Å². The summed E-state index contributed by atoms with van der Waals surface area (Å²) in [7, 11) is 1.69. The number of nitrogens with one attached hydrogen (secondary N) is 2. The van der Waals surface area contributed by atoms with Crippen LogP contribution in [0.15, 0.2) is 33.7 Å². The molecule has 5 rings (SSSR count). The van der Waals surface area contributed by atoms with Gasteiger partial charge in [0, 0.05) is 43.7 Å². The average molecular weight is 552 g/mol. The zero-order chi connectivity index (χ0) is 28.1. The number of carbonyl (C=O) groups is 3. The van der Waals surface area contributed by atoms with Gasteiger partial charge in [0.25, 0.3) is 0 Å². The van der Waals surface area contributed by atoms with Gasteiger partial charge in [-0.25, -0.2) is 4.99 Å². The highest BCUT2D eigenvalue weighted by Crippen LogP contribution is 2.27. The van der Waals surface area contributed by atoms with Gasteiger partial charge in [0.2, 0.25) is 23.7 Å². The molecule has 2 unspecified atom stereocenters. The third kappa shape index (κ3) is 6.83. The van der Waals surface area contributed by atoms with E-state index in [-0.39, 0.29) is 42.2 Å². The van der Waals surface area contributed by atoms with E-state index in [4.69, 9.17) is 14.1 Å². The maximum atomic E-state index is 13.6. The quantitative estimate of drug-likeness (QED) is 0.416. The average Bonchev–Trinajstić information content (AvgIpc) is 3.59. The van der Waals surface area contributed by atoms with Crippen molar-refractivity contribution in [1.82, 2.24) is 15.1 Å². The van der Waals surface area contributed by atoms with Gasteiger partial charge in [-0.1, -0.05) is 6.42 Å². The zero-order valence-electron chi connectivity index (χ0n) is 23.6. The summed E-state index contributed by atoms with van der Waals surface area (Å²) in [6, 6.07) is 6.94. The molecule has 0 radical (unpaired) electrons. The van der Waals surface area contributed by atoms with Crippen LogP contribution in [-0.4, -0.2) is 78.9 Å². The second-order valence-electron chi connectivity index (χ2n) is 11.3. The fourth-order valence-corrected chi connectivity index (χ4v) is 6.05. The number of ether oxygens (including phenoxy) is 1. The summed E-state index contributed by atoms with van der Waals surface area (Å²) in [6.45, 7) is 4.03. The minimum atomic E-state index is -0.686. The van der Waals surface area contributed by atoms with E-state index in [2.05, 4.69) is 10.6 Å². The molecule has 1 aromatic heterocycles. The van der Waals surface area contributed by atoms with E-state index < -0.39 is 6.04 Å². The summed E-state index contributed by atoms with van der Waals surface area (Å²) < 4.78 is 11.2. The number of aliphatic imine (C=N–C) groups is 1. The molecule has 2 N–H and O–H groups in total. The van der Waals surface area contributed by atoms with E-state index in [0.29, 0.717) is 19.4 Å². The molecule has 3 atom stereocenters. The zero-order valence-corrected chi connectivity index (χ0v) is 23.6. The number of nitrogens with zero attached hydrogens (tertiary/aromatic N) is 3. The van der Waals surface area contributed by atoms with E-state index in [0.717, 1.165) is 80.5 Å². The van der Waals surface area contributed by atoms with Crippen molar-refractivity contribution in [3.05, 3.63) is 30.0 Å². The maximum absolute atomic E-state index is 13.6. The Kier molecular flexibility index (Phi) is 9.04. The van der Waals surface area contributed by atoms with Gasteiger partial charge in [-0.15, -0.1) is 0 Å². The number of fused-ring (bicyclic) bond motifs is 1. The Morgan fingerprint density at radius 2 is 1.85 bits per heavy atom. The number of hydrogen-bond donors (Lipinski definition) is 2. The smallest absolute Gasteiger partial charge is 0.247 e. The van der Waals surface area contributed by atoms with Crippen LogP contribution in [0.25, 0.3) is 11.0 Å². The summed E-state index contributed by atoms with van der Waals surface area (Å²) in [5.41, 5.74) is 1.50. The fraction of sp³-hybridized carbons (Fsp3) is 0.600. The number of rotatable bonds is 6. The van der Waals surface area contributed by atoms with Crippen molar-refractivity contribution < 1.29 is 23.5 Å². The van der Waals surface area contributed by atoms with Gasteiger partial charge in [0.15, 0.2) is 0 Å². The number of furan rings is 1. The summed E-state index contributed by atoms with van der Waals surface area (Å²) in [6.07, 6.45) is 7.59. The third-order valence-electron chi connectivity index (χ3n) is 8.30. The second kappa shape index (κ2) is 12.8. The van der Waals surface area contributed by atoms with Crippen molar-refractivity contribution in [2.45, 2.75) is 76.9 Å². The first-order valence-corrected chi connectivity index (χ1v) is 14.6. The lowest BCUT2D eigenvalue weighted by Crippen LogP contribution is -2.46. The van der Waals surface area contributed by atoms with Crippen LogP contribution in [0.3, 0.4) is 0 Å². The van der Waals surface area contributed by atoms with Crippen LogP contribution in [0, 0.1) is 12.8 Å². The Balaban J connectivity index is 1.36. The van der Waals surface area contributed by atoms with Crippen molar-refractivity contribution in [3.63, 3.8) is 0 Å². The van der Waals surface area contributed by atoms with Crippen molar-refractivity contribution in [3.8, 4) is 0 Å². The Labute approximate surface area is 235 Å². The van der Waals surface area contributed by atoms with E-state index in [1.807, 2.05) is 36.1 Å². The minimum absolute atomic E-state index is 0.00386. The largest absolute Gasteiger partial charge is 0.461 e. The normalized spacial score (nSPS) is 24.3. The molecule has 1 aromatic carbocycles. The highest BCUT2D eigenvalue weighted by molar-refractivity contribution is 6.06. The predicted octanol–water partition coefficient (Wildman–Crippen LogP) is 3.83. The molecule has 2 aliphatic heterocycles. The monoisotopic (exact) mass is 551 g/mol. The molecule has 0 bridgehead atoms. The lowest BCUT2D eigenvalue weighted by atomic mass is 9.86. The SMILES string of the molecule is COC1CCCC(C(=O)NC(=N[C@H]2CCCCN(CC(=O)N3CCCC3)C2=O)Nc2ccc3oc(C)cc3c2)C1. The van der Waals surface area contributed by atoms with Gasteiger partial charge >= 0.3 is 0 Å². The Morgan fingerprint density at radius 3 is 2.65 bits per heavy atom. The van der Waals surface area contributed by atoms with Crippen LogP contribution in [0.5, 0.6) is 0 Å². The van der Waals surface area contributed by atoms with Crippen molar-refractivity contribution >= 4 is 40.3 Å².